The summed E-state index contributed by atoms with van der Waals surface area (Å²) in [6.45, 7) is 2.45. The number of ether oxygens (including phenoxy) is 1. The highest BCUT2D eigenvalue weighted by molar-refractivity contribution is 5.74. The Kier molecular flexibility index (Phi) is 4.16. The van der Waals surface area contributed by atoms with Crippen LogP contribution in [0.25, 0.3) is 0 Å². The molecule has 0 unspecified atom stereocenters. The van der Waals surface area contributed by atoms with Crippen molar-refractivity contribution in [2.45, 2.75) is 37.8 Å². The monoisotopic (exact) mass is 275 g/mol. The van der Waals surface area contributed by atoms with Crippen molar-refractivity contribution >= 4 is 6.03 Å². The Morgan fingerprint density at radius 1 is 1.35 bits per heavy atom. The number of urea groups is 1. The van der Waals surface area contributed by atoms with Gasteiger partial charge >= 0.3 is 6.03 Å². The molecule has 108 valence electrons. The summed E-state index contributed by atoms with van der Waals surface area (Å²) in [5.74, 6) is 0. The van der Waals surface area contributed by atoms with Crippen LogP contribution in [-0.2, 0) is 4.74 Å². The molecular formula is C15H21N3O2. The van der Waals surface area contributed by atoms with Gasteiger partial charge in [-0.15, -0.1) is 0 Å². The first-order chi connectivity index (χ1) is 9.83. The number of rotatable bonds is 2. The van der Waals surface area contributed by atoms with Gasteiger partial charge in [0.1, 0.15) is 6.10 Å². The zero-order valence-electron chi connectivity index (χ0n) is 11.6. The molecule has 0 bridgehead atoms. The second-order valence-corrected chi connectivity index (χ2v) is 5.48. The Hall–Kier alpha value is -1.62. The minimum Gasteiger partial charge on any atom is -0.372 e. The number of amides is 2. The maximum absolute atomic E-state index is 12.1. The maximum atomic E-state index is 12.1. The molecule has 2 fully saturated rings. The average molecular weight is 275 g/mol. The lowest BCUT2D eigenvalue weighted by Crippen LogP contribution is -2.46. The van der Waals surface area contributed by atoms with Gasteiger partial charge in [-0.2, -0.15) is 0 Å². The molecular weight excluding hydrogens is 254 g/mol. The van der Waals surface area contributed by atoms with Crippen LogP contribution in [0.5, 0.6) is 0 Å². The third-order valence-corrected chi connectivity index (χ3v) is 4.02. The number of nitrogens with one attached hydrogen (secondary N) is 1. The number of nitrogens with zero attached hydrogens (tertiary/aromatic N) is 2. The Bertz CT molecular complexity index is 446. The molecule has 0 radical (unpaired) electrons. The van der Waals surface area contributed by atoms with Gasteiger partial charge in [0.15, 0.2) is 0 Å². The van der Waals surface area contributed by atoms with Crippen LogP contribution in [0.3, 0.4) is 0 Å². The SMILES string of the molecule is O=C(N[C@@H]1CCO[C@@H](c2ccccn2)C1)N1CCCC1. The van der Waals surface area contributed by atoms with Crippen molar-refractivity contribution in [3.05, 3.63) is 30.1 Å². The topological polar surface area (TPSA) is 54.5 Å². The molecule has 0 aliphatic carbocycles. The van der Waals surface area contributed by atoms with E-state index in [1.165, 1.54) is 0 Å². The van der Waals surface area contributed by atoms with Crippen LogP contribution in [-0.4, -0.2) is 41.7 Å². The van der Waals surface area contributed by atoms with Crippen LogP contribution in [0, 0.1) is 0 Å². The van der Waals surface area contributed by atoms with Gasteiger partial charge in [-0.05, 0) is 37.8 Å². The molecule has 5 heteroatoms. The number of hydrogen-bond acceptors (Lipinski definition) is 3. The number of hydrogen-bond donors (Lipinski definition) is 1. The second kappa shape index (κ2) is 6.22. The van der Waals surface area contributed by atoms with E-state index in [-0.39, 0.29) is 18.2 Å². The molecule has 0 aromatic carbocycles. The van der Waals surface area contributed by atoms with E-state index in [9.17, 15) is 4.79 Å². The van der Waals surface area contributed by atoms with Crippen molar-refractivity contribution in [2.24, 2.45) is 0 Å². The fourth-order valence-electron chi connectivity index (χ4n) is 2.89. The highest BCUT2D eigenvalue weighted by Crippen LogP contribution is 2.26. The first kappa shape index (κ1) is 13.4. The summed E-state index contributed by atoms with van der Waals surface area (Å²) in [6.07, 6.45) is 5.70. The smallest absolute Gasteiger partial charge is 0.317 e. The van der Waals surface area contributed by atoms with E-state index in [0.717, 1.165) is 44.5 Å². The third-order valence-electron chi connectivity index (χ3n) is 4.02. The van der Waals surface area contributed by atoms with Crippen LogP contribution in [0.15, 0.2) is 24.4 Å². The quantitative estimate of drug-likeness (QED) is 0.899. The zero-order valence-corrected chi connectivity index (χ0v) is 11.6. The molecule has 3 heterocycles. The molecule has 2 atom stereocenters. The number of aromatic nitrogens is 1. The summed E-state index contributed by atoms with van der Waals surface area (Å²) in [4.78, 5) is 18.4. The van der Waals surface area contributed by atoms with Gasteiger partial charge in [0.25, 0.3) is 0 Å². The van der Waals surface area contributed by atoms with Gasteiger partial charge in [0.2, 0.25) is 0 Å². The van der Waals surface area contributed by atoms with Crippen molar-refractivity contribution in [3.63, 3.8) is 0 Å². The minimum absolute atomic E-state index is 0.00571. The Balaban J connectivity index is 1.56. The van der Waals surface area contributed by atoms with Crippen molar-refractivity contribution < 1.29 is 9.53 Å². The second-order valence-electron chi connectivity index (χ2n) is 5.48. The Morgan fingerprint density at radius 3 is 2.95 bits per heavy atom. The lowest BCUT2D eigenvalue weighted by Gasteiger charge is -2.31. The summed E-state index contributed by atoms with van der Waals surface area (Å²) in [7, 11) is 0. The summed E-state index contributed by atoms with van der Waals surface area (Å²) in [5, 5.41) is 3.14. The molecule has 2 aliphatic rings. The van der Waals surface area contributed by atoms with E-state index < -0.39 is 0 Å². The van der Waals surface area contributed by atoms with Gasteiger partial charge in [0.05, 0.1) is 5.69 Å². The molecule has 1 aromatic rings. The van der Waals surface area contributed by atoms with E-state index in [2.05, 4.69) is 10.3 Å². The van der Waals surface area contributed by atoms with Crippen LogP contribution in [0.2, 0.25) is 0 Å². The molecule has 1 N–H and O–H groups in total. The molecule has 0 spiro atoms. The van der Waals surface area contributed by atoms with Crippen LogP contribution >= 0.6 is 0 Å². The predicted octanol–water partition coefficient (Wildman–Crippen LogP) is 2.11. The number of carbonyl (C=O) groups is 1. The van der Waals surface area contributed by atoms with E-state index >= 15 is 0 Å². The first-order valence-corrected chi connectivity index (χ1v) is 7.41. The van der Waals surface area contributed by atoms with Gasteiger partial charge < -0.3 is 15.0 Å². The summed E-state index contributed by atoms with van der Waals surface area (Å²) < 4.78 is 5.77. The molecule has 0 saturated carbocycles. The fraction of sp³-hybridized carbons (Fsp3) is 0.600. The summed E-state index contributed by atoms with van der Waals surface area (Å²) in [5.41, 5.74) is 0.952. The number of carbonyl (C=O) groups excluding carboxylic acids is 1. The Labute approximate surface area is 119 Å². The molecule has 5 nitrogen and oxygen atoms in total. The third kappa shape index (κ3) is 3.10. The molecule has 2 amide bonds. The highest BCUT2D eigenvalue weighted by Gasteiger charge is 2.27. The average Bonchev–Trinajstić information content (AvgIpc) is 3.03. The molecule has 2 saturated heterocycles. The highest BCUT2D eigenvalue weighted by atomic mass is 16.5. The fourth-order valence-corrected chi connectivity index (χ4v) is 2.89. The summed E-state index contributed by atoms with van der Waals surface area (Å²) >= 11 is 0. The van der Waals surface area contributed by atoms with E-state index in [1.54, 1.807) is 6.20 Å². The maximum Gasteiger partial charge on any atom is 0.317 e. The van der Waals surface area contributed by atoms with Crippen molar-refractivity contribution in [2.75, 3.05) is 19.7 Å². The minimum atomic E-state index is -0.00571. The number of pyridine rings is 1. The van der Waals surface area contributed by atoms with Crippen LogP contribution in [0.4, 0.5) is 4.79 Å². The lowest BCUT2D eigenvalue weighted by atomic mass is 10.0. The van der Waals surface area contributed by atoms with Crippen LogP contribution in [0.1, 0.15) is 37.5 Å². The molecule has 3 rings (SSSR count). The van der Waals surface area contributed by atoms with E-state index in [0.29, 0.717) is 6.61 Å². The van der Waals surface area contributed by atoms with Crippen molar-refractivity contribution in [3.8, 4) is 0 Å². The Morgan fingerprint density at radius 2 is 2.20 bits per heavy atom. The lowest BCUT2D eigenvalue weighted by molar-refractivity contribution is -0.000854. The van der Waals surface area contributed by atoms with Crippen molar-refractivity contribution in [1.82, 2.24) is 15.2 Å². The number of likely N-dealkylation sites (tertiary alicyclic amines) is 1. The molecule has 1 aromatic heterocycles. The van der Waals surface area contributed by atoms with Crippen LogP contribution < -0.4 is 5.32 Å². The van der Waals surface area contributed by atoms with Gasteiger partial charge in [-0.3, -0.25) is 4.98 Å². The molecule has 20 heavy (non-hydrogen) atoms. The van der Waals surface area contributed by atoms with Gasteiger partial charge in [-0.25, -0.2) is 4.79 Å². The van der Waals surface area contributed by atoms with E-state index in [4.69, 9.17) is 4.74 Å². The van der Waals surface area contributed by atoms with Gasteiger partial charge in [-0.1, -0.05) is 6.07 Å². The predicted molar refractivity (Wildman–Crippen MR) is 75.3 cm³/mol. The normalized spacial score (nSPS) is 26.5. The summed E-state index contributed by atoms with van der Waals surface area (Å²) in [6, 6.07) is 6.12. The van der Waals surface area contributed by atoms with E-state index in [1.807, 2.05) is 23.1 Å². The van der Waals surface area contributed by atoms with Gasteiger partial charge in [0, 0.05) is 31.9 Å². The standard InChI is InChI=1S/C15H21N3O2/c19-15(18-8-3-4-9-18)17-12-6-10-20-14(11-12)13-5-1-2-7-16-13/h1-2,5,7,12,14H,3-4,6,8-11H2,(H,17,19)/t12-,14-/m1/s1. The van der Waals surface area contributed by atoms with Crippen molar-refractivity contribution in [1.29, 1.82) is 0 Å². The largest absolute Gasteiger partial charge is 0.372 e. The zero-order chi connectivity index (χ0) is 13.8. The first-order valence-electron chi connectivity index (χ1n) is 7.41. The molecule has 2 aliphatic heterocycles.